The summed E-state index contributed by atoms with van der Waals surface area (Å²) in [6, 6.07) is 0. The molecule has 72 valence electrons. The van der Waals surface area contributed by atoms with Crippen molar-refractivity contribution in [3.05, 3.63) is 0 Å². The topological polar surface area (TPSA) is 52.6 Å². The molecule has 2 saturated carbocycles. The highest BCUT2D eigenvalue weighted by atomic mass is 16.6. The van der Waals surface area contributed by atoms with E-state index >= 15 is 0 Å². The summed E-state index contributed by atoms with van der Waals surface area (Å²) < 4.78 is 9.79. The van der Waals surface area contributed by atoms with Crippen LogP contribution in [-0.2, 0) is 19.1 Å². The van der Waals surface area contributed by atoms with Gasteiger partial charge in [0.05, 0.1) is 0 Å². The lowest BCUT2D eigenvalue weighted by Gasteiger charge is -2.02. The van der Waals surface area contributed by atoms with Crippen LogP contribution in [0.2, 0.25) is 0 Å². The van der Waals surface area contributed by atoms with Crippen molar-refractivity contribution in [2.75, 3.05) is 0 Å². The Balaban J connectivity index is 1.62. The van der Waals surface area contributed by atoms with E-state index in [0.717, 1.165) is 25.7 Å². The Morgan fingerprint density at radius 3 is 1.62 bits per heavy atom. The van der Waals surface area contributed by atoms with Crippen molar-refractivity contribution in [3.8, 4) is 0 Å². The van der Waals surface area contributed by atoms with E-state index in [1.807, 2.05) is 0 Å². The summed E-state index contributed by atoms with van der Waals surface area (Å²) in [5, 5.41) is 0. The molecule has 2 aliphatic carbocycles. The molecule has 4 nitrogen and oxygen atoms in total. The van der Waals surface area contributed by atoms with Gasteiger partial charge in [-0.25, -0.2) is 0 Å². The molecule has 0 amide bonds. The normalized spacial score (nSPS) is 20.9. The Morgan fingerprint density at radius 1 is 0.923 bits per heavy atom. The van der Waals surface area contributed by atoms with E-state index in [1.165, 1.54) is 0 Å². The van der Waals surface area contributed by atoms with Crippen LogP contribution in [0, 0.1) is 0 Å². The van der Waals surface area contributed by atoms with Gasteiger partial charge in [-0.15, -0.1) is 0 Å². The summed E-state index contributed by atoms with van der Waals surface area (Å²) in [6.45, 7) is 0. The largest absolute Gasteiger partial charge is 0.462 e. The third kappa shape index (κ3) is 3.05. The lowest BCUT2D eigenvalue weighted by atomic mass is 10.4. The van der Waals surface area contributed by atoms with Gasteiger partial charge in [-0.1, -0.05) is 0 Å². The zero-order valence-electron chi connectivity index (χ0n) is 7.32. The highest BCUT2D eigenvalue weighted by molar-refractivity contribution is 5.91. The Kier molecular flexibility index (Phi) is 2.20. The lowest BCUT2D eigenvalue weighted by Crippen LogP contribution is -2.15. The molecule has 0 aromatic carbocycles. The minimum absolute atomic E-state index is 0.0706. The zero-order chi connectivity index (χ0) is 9.26. The molecule has 0 aromatic rings. The summed E-state index contributed by atoms with van der Waals surface area (Å²) in [4.78, 5) is 22.0. The van der Waals surface area contributed by atoms with Crippen LogP contribution in [0.3, 0.4) is 0 Å². The molecule has 2 aliphatic rings. The van der Waals surface area contributed by atoms with Crippen molar-refractivity contribution in [1.29, 1.82) is 0 Å². The van der Waals surface area contributed by atoms with Gasteiger partial charge in [-0.3, -0.25) is 9.59 Å². The first kappa shape index (κ1) is 8.53. The predicted octanol–water partition coefficient (Wildman–Crippen LogP) is 0.788. The fraction of sp³-hybridized carbons (Fsp3) is 0.778. The second-order valence-electron chi connectivity index (χ2n) is 3.56. The van der Waals surface area contributed by atoms with Crippen LogP contribution in [0.25, 0.3) is 0 Å². The van der Waals surface area contributed by atoms with Gasteiger partial charge >= 0.3 is 11.9 Å². The van der Waals surface area contributed by atoms with Crippen LogP contribution in [0.1, 0.15) is 32.1 Å². The molecular weight excluding hydrogens is 172 g/mol. The standard InChI is InChI=1S/C9H12O4/c10-8(12-6-1-2-6)5-9(11)13-7-3-4-7/h6-7H,1-5H2. The fourth-order valence-electron chi connectivity index (χ4n) is 0.945. The van der Waals surface area contributed by atoms with Gasteiger partial charge in [-0.2, -0.15) is 0 Å². The number of hydrogen-bond donors (Lipinski definition) is 0. The Bertz CT molecular complexity index is 204. The third-order valence-electron chi connectivity index (χ3n) is 1.93. The molecule has 0 radical (unpaired) electrons. The van der Waals surface area contributed by atoms with Crippen LogP contribution in [0.4, 0.5) is 0 Å². The van der Waals surface area contributed by atoms with E-state index in [2.05, 4.69) is 0 Å². The van der Waals surface area contributed by atoms with Gasteiger partial charge < -0.3 is 9.47 Å². The van der Waals surface area contributed by atoms with Crippen molar-refractivity contribution in [2.45, 2.75) is 44.3 Å². The van der Waals surface area contributed by atoms with E-state index in [1.54, 1.807) is 0 Å². The molecule has 0 spiro atoms. The number of rotatable bonds is 4. The lowest BCUT2D eigenvalue weighted by molar-refractivity contribution is -0.155. The van der Waals surface area contributed by atoms with E-state index in [4.69, 9.17) is 9.47 Å². The van der Waals surface area contributed by atoms with Crippen molar-refractivity contribution in [3.63, 3.8) is 0 Å². The summed E-state index contributed by atoms with van der Waals surface area (Å²) in [7, 11) is 0. The Hall–Kier alpha value is -1.06. The van der Waals surface area contributed by atoms with Gasteiger partial charge in [0.15, 0.2) is 0 Å². The molecule has 0 unspecified atom stereocenters. The molecule has 0 N–H and O–H groups in total. The number of ether oxygens (including phenoxy) is 2. The maximum absolute atomic E-state index is 11.0. The van der Waals surface area contributed by atoms with Gasteiger partial charge in [0.1, 0.15) is 18.6 Å². The smallest absolute Gasteiger partial charge is 0.317 e. The average Bonchev–Trinajstić information content (AvgIpc) is 2.81. The molecule has 0 bridgehead atoms. The second kappa shape index (κ2) is 3.36. The number of carbonyl (C=O) groups is 2. The number of carbonyl (C=O) groups excluding carboxylic acids is 2. The van der Waals surface area contributed by atoms with Crippen molar-refractivity contribution >= 4 is 11.9 Å². The molecule has 13 heavy (non-hydrogen) atoms. The molecule has 0 heterocycles. The van der Waals surface area contributed by atoms with Gasteiger partial charge in [0.2, 0.25) is 0 Å². The minimum atomic E-state index is -0.451. The van der Waals surface area contributed by atoms with Crippen LogP contribution in [-0.4, -0.2) is 24.1 Å². The van der Waals surface area contributed by atoms with Gasteiger partial charge in [-0.05, 0) is 25.7 Å². The second-order valence-corrected chi connectivity index (χ2v) is 3.56. The van der Waals surface area contributed by atoms with Crippen molar-refractivity contribution in [1.82, 2.24) is 0 Å². The van der Waals surface area contributed by atoms with Gasteiger partial charge in [0, 0.05) is 0 Å². The fourth-order valence-corrected chi connectivity index (χ4v) is 0.945. The molecule has 0 aromatic heterocycles. The molecule has 4 heteroatoms. The predicted molar refractivity (Wildman–Crippen MR) is 42.8 cm³/mol. The quantitative estimate of drug-likeness (QED) is 0.478. The highest BCUT2D eigenvalue weighted by Crippen LogP contribution is 2.25. The summed E-state index contributed by atoms with van der Waals surface area (Å²) in [5.41, 5.74) is 0. The summed E-state index contributed by atoms with van der Waals surface area (Å²) >= 11 is 0. The van der Waals surface area contributed by atoms with E-state index in [-0.39, 0.29) is 18.6 Å². The summed E-state index contributed by atoms with van der Waals surface area (Å²) in [5.74, 6) is -0.902. The number of esters is 2. The third-order valence-corrected chi connectivity index (χ3v) is 1.93. The molecule has 0 aliphatic heterocycles. The molecule has 2 fully saturated rings. The van der Waals surface area contributed by atoms with Crippen LogP contribution < -0.4 is 0 Å². The minimum Gasteiger partial charge on any atom is -0.462 e. The SMILES string of the molecule is O=C(CC(=O)OC1CC1)OC1CC1. The maximum Gasteiger partial charge on any atom is 0.317 e. The first-order valence-corrected chi connectivity index (χ1v) is 4.63. The molecule has 0 saturated heterocycles. The van der Waals surface area contributed by atoms with Crippen molar-refractivity contribution in [2.24, 2.45) is 0 Å². The highest BCUT2D eigenvalue weighted by Gasteiger charge is 2.29. The Morgan fingerprint density at radius 2 is 1.31 bits per heavy atom. The molecule has 0 atom stereocenters. The van der Waals surface area contributed by atoms with Crippen LogP contribution >= 0.6 is 0 Å². The van der Waals surface area contributed by atoms with E-state index in [0.29, 0.717) is 0 Å². The maximum atomic E-state index is 11.0. The first-order valence-electron chi connectivity index (χ1n) is 4.63. The average molecular weight is 184 g/mol. The zero-order valence-corrected chi connectivity index (χ0v) is 7.32. The summed E-state index contributed by atoms with van der Waals surface area (Å²) in [6.07, 6.45) is 3.65. The molecule has 2 rings (SSSR count). The van der Waals surface area contributed by atoms with Crippen molar-refractivity contribution < 1.29 is 19.1 Å². The number of hydrogen-bond acceptors (Lipinski definition) is 4. The monoisotopic (exact) mass is 184 g/mol. The van der Waals surface area contributed by atoms with Crippen LogP contribution in [0.5, 0.6) is 0 Å². The first-order chi connectivity index (χ1) is 6.24. The van der Waals surface area contributed by atoms with E-state index < -0.39 is 11.9 Å². The Labute approximate surface area is 76.2 Å². The van der Waals surface area contributed by atoms with Crippen LogP contribution in [0.15, 0.2) is 0 Å². The molecular formula is C9H12O4. The van der Waals surface area contributed by atoms with E-state index in [9.17, 15) is 9.59 Å². The van der Waals surface area contributed by atoms with Gasteiger partial charge in [0.25, 0.3) is 0 Å².